The largest absolute Gasteiger partial charge is 0.489 e. The van der Waals surface area contributed by atoms with Gasteiger partial charge in [0.05, 0.1) is 0 Å². The molecule has 0 radical (unpaired) electrons. The first kappa shape index (κ1) is 21.6. The maximum absolute atomic E-state index is 13.3. The van der Waals surface area contributed by atoms with E-state index < -0.39 is 0 Å². The molecular weight excluding hydrogens is 385 g/mol. The van der Waals surface area contributed by atoms with Gasteiger partial charge >= 0.3 is 6.03 Å². The third-order valence-corrected chi connectivity index (χ3v) is 5.02. The van der Waals surface area contributed by atoms with Gasteiger partial charge in [0.1, 0.15) is 18.2 Å². The Labute approximate surface area is 176 Å². The van der Waals surface area contributed by atoms with Crippen LogP contribution in [0.4, 0.5) is 14.9 Å². The molecule has 160 valence electrons. The van der Waals surface area contributed by atoms with Crippen molar-refractivity contribution in [3.8, 4) is 5.75 Å². The van der Waals surface area contributed by atoms with Crippen LogP contribution in [0, 0.1) is 11.7 Å². The molecule has 1 aliphatic heterocycles. The summed E-state index contributed by atoms with van der Waals surface area (Å²) >= 11 is 0. The molecule has 1 aliphatic rings. The van der Waals surface area contributed by atoms with Crippen molar-refractivity contribution in [3.05, 3.63) is 59.9 Å². The lowest BCUT2D eigenvalue weighted by Gasteiger charge is -2.33. The van der Waals surface area contributed by atoms with Crippen LogP contribution in [0.15, 0.2) is 48.5 Å². The number of amides is 3. The molecule has 0 aromatic heterocycles. The van der Waals surface area contributed by atoms with E-state index in [1.807, 2.05) is 18.7 Å². The maximum Gasteiger partial charge on any atom is 0.319 e. The van der Waals surface area contributed by atoms with E-state index in [2.05, 4.69) is 10.6 Å². The Kier molecular flexibility index (Phi) is 7.27. The first-order valence-corrected chi connectivity index (χ1v) is 10.2. The Morgan fingerprint density at radius 3 is 2.57 bits per heavy atom. The normalized spacial score (nSPS) is 14.5. The molecule has 6 nitrogen and oxygen atoms in total. The number of urea groups is 1. The van der Waals surface area contributed by atoms with Crippen LogP contribution >= 0.6 is 0 Å². The number of rotatable bonds is 6. The summed E-state index contributed by atoms with van der Waals surface area (Å²) in [7, 11) is 0. The van der Waals surface area contributed by atoms with Crippen molar-refractivity contribution in [2.24, 2.45) is 5.92 Å². The van der Waals surface area contributed by atoms with Crippen LogP contribution in [0.5, 0.6) is 5.75 Å². The molecule has 0 bridgehead atoms. The van der Waals surface area contributed by atoms with E-state index in [0.717, 1.165) is 18.4 Å². The molecular formula is C23H28FN3O3. The summed E-state index contributed by atoms with van der Waals surface area (Å²) in [5, 5.41) is 5.79. The number of anilines is 1. The molecule has 0 spiro atoms. The zero-order valence-electron chi connectivity index (χ0n) is 17.4. The first-order valence-electron chi connectivity index (χ1n) is 10.2. The quantitative estimate of drug-likeness (QED) is 0.747. The van der Waals surface area contributed by atoms with Crippen molar-refractivity contribution in [2.75, 3.05) is 18.4 Å². The van der Waals surface area contributed by atoms with Gasteiger partial charge in [-0.2, -0.15) is 0 Å². The Hall–Kier alpha value is -3.09. The Morgan fingerprint density at radius 2 is 1.87 bits per heavy atom. The number of halogens is 1. The highest BCUT2D eigenvalue weighted by atomic mass is 19.1. The fraction of sp³-hybridized carbons (Fsp3) is 0.391. The second-order valence-electron chi connectivity index (χ2n) is 7.80. The average Bonchev–Trinajstić information content (AvgIpc) is 2.72. The number of carbonyl (C=O) groups is 2. The highest BCUT2D eigenvalue weighted by molar-refractivity contribution is 5.89. The zero-order valence-corrected chi connectivity index (χ0v) is 17.4. The van der Waals surface area contributed by atoms with Crippen LogP contribution in [0.3, 0.4) is 0 Å². The van der Waals surface area contributed by atoms with E-state index >= 15 is 0 Å². The number of likely N-dealkylation sites (tertiary alicyclic amines) is 1. The van der Waals surface area contributed by atoms with E-state index in [-0.39, 0.29) is 36.3 Å². The summed E-state index contributed by atoms with van der Waals surface area (Å²) in [5.41, 5.74) is 1.34. The zero-order chi connectivity index (χ0) is 21.5. The van der Waals surface area contributed by atoms with E-state index in [4.69, 9.17) is 4.74 Å². The summed E-state index contributed by atoms with van der Waals surface area (Å²) in [4.78, 5) is 26.3. The van der Waals surface area contributed by atoms with Gasteiger partial charge in [-0.25, -0.2) is 9.18 Å². The minimum absolute atomic E-state index is 0.00628. The molecule has 2 aromatic rings. The molecule has 3 rings (SSSR count). The van der Waals surface area contributed by atoms with Gasteiger partial charge in [0, 0.05) is 36.8 Å². The number of nitrogens with one attached hydrogen (secondary N) is 2. The summed E-state index contributed by atoms with van der Waals surface area (Å²) < 4.78 is 19.0. The van der Waals surface area contributed by atoms with E-state index in [0.29, 0.717) is 24.5 Å². The number of ether oxygens (including phenoxy) is 1. The molecule has 0 atom stereocenters. The standard InChI is InChI=1S/C23H28FN3O3/c1-16(2)22(28)27-11-9-19(10-12-27)25-23(29)26-20-7-4-8-21(14-20)30-15-17-5-3-6-18(24)13-17/h3-8,13-14,16,19H,9-12,15H2,1-2H3,(H2,25,26,29). The van der Waals surface area contributed by atoms with Crippen LogP contribution in [0.1, 0.15) is 32.3 Å². The van der Waals surface area contributed by atoms with Crippen molar-refractivity contribution >= 4 is 17.6 Å². The first-order chi connectivity index (χ1) is 14.4. The van der Waals surface area contributed by atoms with Crippen molar-refractivity contribution in [2.45, 2.75) is 39.3 Å². The van der Waals surface area contributed by atoms with Gasteiger partial charge in [-0.1, -0.05) is 32.0 Å². The third kappa shape index (κ3) is 6.20. The Morgan fingerprint density at radius 1 is 1.13 bits per heavy atom. The van der Waals surface area contributed by atoms with Crippen molar-refractivity contribution in [1.82, 2.24) is 10.2 Å². The fourth-order valence-corrected chi connectivity index (χ4v) is 3.42. The molecule has 0 unspecified atom stereocenters. The number of hydrogen-bond donors (Lipinski definition) is 2. The lowest BCUT2D eigenvalue weighted by molar-refractivity contribution is -0.135. The van der Waals surface area contributed by atoms with Crippen molar-refractivity contribution < 1.29 is 18.7 Å². The summed E-state index contributed by atoms with van der Waals surface area (Å²) in [6.07, 6.45) is 1.48. The molecule has 1 saturated heterocycles. The molecule has 3 amide bonds. The second kappa shape index (κ2) is 10.1. The molecule has 0 saturated carbocycles. The van der Waals surface area contributed by atoms with Crippen LogP contribution in [-0.4, -0.2) is 36.0 Å². The molecule has 2 N–H and O–H groups in total. The van der Waals surface area contributed by atoms with Crippen LogP contribution < -0.4 is 15.4 Å². The minimum atomic E-state index is -0.303. The minimum Gasteiger partial charge on any atom is -0.489 e. The average molecular weight is 413 g/mol. The highest BCUT2D eigenvalue weighted by Crippen LogP contribution is 2.19. The fourth-order valence-electron chi connectivity index (χ4n) is 3.42. The topological polar surface area (TPSA) is 70.7 Å². The van der Waals surface area contributed by atoms with Gasteiger partial charge in [0.2, 0.25) is 5.91 Å². The highest BCUT2D eigenvalue weighted by Gasteiger charge is 2.25. The van der Waals surface area contributed by atoms with Gasteiger partial charge in [0.15, 0.2) is 0 Å². The molecule has 7 heteroatoms. The van der Waals surface area contributed by atoms with Crippen molar-refractivity contribution in [3.63, 3.8) is 0 Å². The summed E-state index contributed by atoms with van der Waals surface area (Å²) in [6.45, 7) is 5.35. The van der Waals surface area contributed by atoms with E-state index in [1.165, 1.54) is 12.1 Å². The number of carbonyl (C=O) groups excluding carboxylic acids is 2. The van der Waals surface area contributed by atoms with Gasteiger partial charge in [-0.3, -0.25) is 4.79 Å². The molecule has 0 aliphatic carbocycles. The van der Waals surface area contributed by atoms with E-state index in [9.17, 15) is 14.0 Å². The van der Waals surface area contributed by atoms with Gasteiger partial charge in [0.25, 0.3) is 0 Å². The van der Waals surface area contributed by atoms with Crippen LogP contribution in [0.25, 0.3) is 0 Å². The van der Waals surface area contributed by atoms with Crippen molar-refractivity contribution in [1.29, 1.82) is 0 Å². The molecule has 30 heavy (non-hydrogen) atoms. The van der Waals surface area contributed by atoms with Gasteiger partial charge in [-0.05, 0) is 42.7 Å². The monoisotopic (exact) mass is 413 g/mol. The Bertz CT molecular complexity index is 880. The lowest BCUT2D eigenvalue weighted by atomic mass is 10.0. The third-order valence-electron chi connectivity index (χ3n) is 5.02. The molecule has 1 fully saturated rings. The van der Waals surface area contributed by atoms with Crippen LogP contribution in [0.2, 0.25) is 0 Å². The number of nitrogens with zero attached hydrogens (tertiary/aromatic N) is 1. The Balaban J connectivity index is 1.46. The second-order valence-corrected chi connectivity index (χ2v) is 7.80. The lowest BCUT2D eigenvalue weighted by Crippen LogP contribution is -2.48. The van der Waals surface area contributed by atoms with Gasteiger partial charge in [-0.15, -0.1) is 0 Å². The smallest absolute Gasteiger partial charge is 0.319 e. The SMILES string of the molecule is CC(C)C(=O)N1CCC(NC(=O)Nc2cccc(OCc3cccc(F)c3)c2)CC1. The predicted octanol–water partition coefficient (Wildman–Crippen LogP) is 4.17. The number of hydrogen-bond acceptors (Lipinski definition) is 3. The van der Waals surface area contributed by atoms with Crippen LogP contribution in [-0.2, 0) is 11.4 Å². The van der Waals surface area contributed by atoms with E-state index in [1.54, 1.807) is 36.4 Å². The predicted molar refractivity (Wildman–Crippen MR) is 114 cm³/mol. The summed E-state index contributed by atoms with van der Waals surface area (Å²) in [5.74, 6) is 0.432. The van der Waals surface area contributed by atoms with Gasteiger partial charge < -0.3 is 20.3 Å². The maximum atomic E-state index is 13.3. The molecule has 2 aromatic carbocycles. The molecule has 1 heterocycles. The number of piperidine rings is 1. The summed E-state index contributed by atoms with van der Waals surface area (Å²) in [6, 6.07) is 13.1. The number of benzene rings is 2.